The highest BCUT2D eigenvalue weighted by Gasteiger charge is 2.36. The summed E-state index contributed by atoms with van der Waals surface area (Å²) in [7, 11) is -3.86. The smallest absolute Gasteiger partial charge is 0.265 e. The molecule has 1 N–H and O–H groups in total. The van der Waals surface area contributed by atoms with E-state index in [0.717, 1.165) is 9.69 Å². The number of nitrogens with one attached hydrogen (secondary N) is 1. The summed E-state index contributed by atoms with van der Waals surface area (Å²) in [4.78, 5) is 18.5. The Labute approximate surface area is 191 Å². The van der Waals surface area contributed by atoms with E-state index in [-0.39, 0.29) is 10.7 Å². The Balaban J connectivity index is 1.37. The Kier molecular flexibility index (Phi) is 4.29. The van der Waals surface area contributed by atoms with Crippen molar-refractivity contribution in [3.8, 4) is 11.3 Å². The highest BCUT2D eigenvalue weighted by atomic mass is 32.2. The van der Waals surface area contributed by atoms with Gasteiger partial charge in [-0.25, -0.2) is 17.8 Å². The third kappa shape index (κ3) is 3.02. The number of thiazole rings is 1. The number of sulfonamides is 1. The van der Waals surface area contributed by atoms with E-state index >= 15 is 0 Å². The maximum absolute atomic E-state index is 13.4. The van der Waals surface area contributed by atoms with Gasteiger partial charge in [0.15, 0.2) is 4.96 Å². The van der Waals surface area contributed by atoms with E-state index in [1.165, 1.54) is 23.5 Å². The molecule has 10 heteroatoms. The van der Waals surface area contributed by atoms with Crippen molar-refractivity contribution < 1.29 is 17.6 Å². The molecule has 0 bridgehead atoms. The van der Waals surface area contributed by atoms with Gasteiger partial charge in [0.1, 0.15) is 23.9 Å². The summed E-state index contributed by atoms with van der Waals surface area (Å²) >= 11 is 1.39. The van der Waals surface area contributed by atoms with Gasteiger partial charge in [-0.1, -0.05) is 24.3 Å². The Morgan fingerprint density at radius 3 is 2.61 bits per heavy atom. The Bertz CT molecular complexity index is 1670. The summed E-state index contributed by atoms with van der Waals surface area (Å²) in [5.74, 6) is -0.492. The van der Waals surface area contributed by atoms with Crippen molar-refractivity contribution in [3.63, 3.8) is 0 Å². The normalized spacial score (nSPS) is 14.3. The molecule has 0 aliphatic carbocycles. The minimum Gasteiger partial charge on any atom is -0.308 e. The molecule has 0 saturated heterocycles. The molecule has 0 spiro atoms. The summed E-state index contributed by atoms with van der Waals surface area (Å²) in [5, 5.41) is 6.06. The number of benzene rings is 3. The standard InChI is InChI=1S/C23H15FN4O3S2/c24-16-9-7-15(8-10-16)21-22(27-11-12-32-23(27)26-21)25-19(29)13-28-17-5-1-3-14-4-2-6-18(20(14)17)33(28,30)31/h1-12H,13H2,(H,25,29). The number of rotatable bonds is 4. The van der Waals surface area contributed by atoms with Crippen LogP contribution in [0.3, 0.4) is 0 Å². The summed E-state index contributed by atoms with van der Waals surface area (Å²) < 4.78 is 42.6. The molecule has 33 heavy (non-hydrogen) atoms. The number of fused-ring (bicyclic) bond motifs is 1. The number of anilines is 2. The van der Waals surface area contributed by atoms with Gasteiger partial charge >= 0.3 is 0 Å². The average molecular weight is 479 g/mol. The van der Waals surface area contributed by atoms with Crippen LogP contribution in [0.2, 0.25) is 0 Å². The minimum atomic E-state index is -3.86. The van der Waals surface area contributed by atoms with E-state index < -0.39 is 22.5 Å². The van der Waals surface area contributed by atoms with Crippen LogP contribution in [0.5, 0.6) is 0 Å². The minimum absolute atomic E-state index is 0.194. The van der Waals surface area contributed by atoms with Gasteiger partial charge in [-0.3, -0.25) is 13.5 Å². The lowest BCUT2D eigenvalue weighted by molar-refractivity contribution is -0.114. The first-order valence-corrected chi connectivity index (χ1v) is 12.3. The predicted octanol–water partition coefficient (Wildman–Crippen LogP) is 4.50. The first-order chi connectivity index (χ1) is 15.9. The molecule has 1 aliphatic rings. The molecular formula is C23H15FN4O3S2. The Hall–Kier alpha value is -3.76. The SMILES string of the molecule is O=C(CN1c2cccc3cccc(c23)S1(=O)=O)Nc1c(-c2ccc(F)cc2)nc2sccn12. The molecule has 0 saturated carbocycles. The molecule has 1 aliphatic heterocycles. The maximum atomic E-state index is 13.4. The molecule has 7 nitrogen and oxygen atoms in total. The van der Waals surface area contributed by atoms with E-state index in [1.54, 1.807) is 47.0 Å². The lowest BCUT2D eigenvalue weighted by Crippen LogP contribution is -2.35. The molecule has 0 unspecified atom stereocenters. The summed E-state index contributed by atoms with van der Waals surface area (Å²) in [6.45, 7) is -0.393. The number of hydrogen-bond acceptors (Lipinski definition) is 5. The van der Waals surface area contributed by atoms with Crippen LogP contribution < -0.4 is 9.62 Å². The fourth-order valence-corrected chi connectivity index (χ4v) is 6.53. The molecule has 1 amide bonds. The van der Waals surface area contributed by atoms with Gasteiger partial charge in [-0.05, 0) is 41.8 Å². The zero-order valence-electron chi connectivity index (χ0n) is 16.9. The fourth-order valence-electron chi connectivity index (χ4n) is 4.14. The molecule has 2 aromatic heterocycles. The van der Waals surface area contributed by atoms with Crippen LogP contribution in [0.25, 0.3) is 27.0 Å². The zero-order chi connectivity index (χ0) is 22.7. The van der Waals surface area contributed by atoms with E-state index in [1.807, 2.05) is 17.5 Å². The van der Waals surface area contributed by atoms with Gasteiger partial charge in [-0.15, -0.1) is 11.3 Å². The van der Waals surface area contributed by atoms with E-state index in [9.17, 15) is 17.6 Å². The zero-order valence-corrected chi connectivity index (χ0v) is 18.5. The largest absolute Gasteiger partial charge is 0.308 e. The van der Waals surface area contributed by atoms with E-state index in [2.05, 4.69) is 10.3 Å². The highest BCUT2D eigenvalue weighted by molar-refractivity contribution is 7.93. The summed E-state index contributed by atoms with van der Waals surface area (Å²) in [5.41, 5.74) is 1.59. The molecule has 6 rings (SSSR count). The van der Waals surface area contributed by atoms with E-state index in [0.29, 0.717) is 33.1 Å². The average Bonchev–Trinajstić information content (AvgIpc) is 3.45. The van der Waals surface area contributed by atoms with Crippen LogP contribution in [0.1, 0.15) is 0 Å². The number of carbonyl (C=O) groups excluding carboxylic acids is 1. The van der Waals surface area contributed by atoms with Gasteiger partial charge in [0, 0.05) is 22.5 Å². The molecule has 0 fully saturated rings. The van der Waals surface area contributed by atoms with Gasteiger partial charge in [-0.2, -0.15) is 0 Å². The van der Waals surface area contributed by atoms with E-state index in [4.69, 9.17) is 0 Å². The molecule has 3 heterocycles. The first kappa shape index (κ1) is 19.9. The summed E-state index contributed by atoms with van der Waals surface area (Å²) in [6.07, 6.45) is 1.76. The number of carbonyl (C=O) groups is 1. The number of imidazole rings is 1. The monoisotopic (exact) mass is 478 g/mol. The van der Waals surface area contributed by atoms with Crippen LogP contribution in [-0.4, -0.2) is 30.3 Å². The molecule has 0 radical (unpaired) electrons. The quantitative estimate of drug-likeness (QED) is 0.412. The van der Waals surface area contributed by atoms with Crippen molar-refractivity contribution >= 4 is 54.5 Å². The van der Waals surface area contributed by atoms with Gasteiger partial charge in [0.2, 0.25) is 5.91 Å². The Morgan fingerprint density at radius 1 is 1.06 bits per heavy atom. The molecule has 5 aromatic rings. The fraction of sp³-hybridized carbons (Fsp3) is 0.0435. The lowest BCUT2D eigenvalue weighted by Gasteiger charge is -2.18. The third-order valence-electron chi connectivity index (χ3n) is 5.61. The van der Waals surface area contributed by atoms with Crippen molar-refractivity contribution in [3.05, 3.63) is 78.1 Å². The van der Waals surface area contributed by atoms with Gasteiger partial charge in [0.25, 0.3) is 10.0 Å². The number of nitrogens with zero attached hydrogens (tertiary/aromatic N) is 3. The van der Waals surface area contributed by atoms with Crippen LogP contribution in [0.4, 0.5) is 15.9 Å². The number of hydrogen-bond donors (Lipinski definition) is 1. The van der Waals surface area contributed by atoms with Crippen LogP contribution in [0, 0.1) is 5.82 Å². The van der Waals surface area contributed by atoms with Crippen molar-refractivity contribution in [1.29, 1.82) is 0 Å². The third-order valence-corrected chi connectivity index (χ3v) is 8.16. The topological polar surface area (TPSA) is 83.8 Å². The second-order valence-corrected chi connectivity index (χ2v) is 10.3. The second kappa shape index (κ2) is 7.12. The van der Waals surface area contributed by atoms with Crippen LogP contribution in [0.15, 0.2) is 77.1 Å². The Morgan fingerprint density at radius 2 is 1.82 bits per heavy atom. The van der Waals surface area contributed by atoms with Gasteiger partial charge < -0.3 is 5.32 Å². The number of aromatic nitrogens is 2. The highest BCUT2D eigenvalue weighted by Crippen LogP contribution is 2.42. The molecule has 164 valence electrons. The van der Waals surface area contributed by atoms with Crippen LogP contribution >= 0.6 is 11.3 Å². The maximum Gasteiger partial charge on any atom is 0.265 e. The predicted molar refractivity (Wildman–Crippen MR) is 126 cm³/mol. The van der Waals surface area contributed by atoms with Crippen molar-refractivity contribution in [2.45, 2.75) is 4.90 Å². The van der Waals surface area contributed by atoms with Crippen molar-refractivity contribution in [2.75, 3.05) is 16.2 Å². The second-order valence-electron chi connectivity index (χ2n) is 7.56. The van der Waals surface area contributed by atoms with Crippen molar-refractivity contribution in [1.82, 2.24) is 9.38 Å². The summed E-state index contributed by atoms with van der Waals surface area (Å²) in [6, 6.07) is 16.2. The van der Waals surface area contributed by atoms with Crippen molar-refractivity contribution in [2.24, 2.45) is 0 Å². The molecule has 0 atom stereocenters. The van der Waals surface area contributed by atoms with Gasteiger partial charge in [0.05, 0.1) is 10.6 Å². The first-order valence-electron chi connectivity index (χ1n) is 9.99. The van der Waals surface area contributed by atoms with Crippen LogP contribution in [-0.2, 0) is 14.8 Å². The molecular weight excluding hydrogens is 463 g/mol. The molecule has 3 aromatic carbocycles. The number of halogens is 1. The number of amides is 1. The lowest BCUT2D eigenvalue weighted by atomic mass is 10.1.